The van der Waals surface area contributed by atoms with E-state index >= 15 is 0 Å². The second-order valence-electron chi connectivity index (χ2n) is 6.17. The summed E-state index contributed by atoms with van der Waals surface area (Å²) in [6, 6.07) is 20.5. The SMILES string of the molecule is CCCCNCc1c(OCc2ccccc2Cl)ccc2ccccc12. The van der Waals surface area contributed by atoms with E-state index in [2.05, 4.69) is 48.6 Å². The number of rotatable bonds is 8. The first-order valence-corrected chi connectivity index (χ1v) is 9.25. The molecule has 0 amide bonds. The lowest BCUT2D eigenvalue weighted by molar-refractivity contribution is 0.303. The van der Waals surface area contributed by atoms with Crippen molar-refractivity contribution in [2.24, 2.45) is 0 Å². The third-order valence-corrected chi connectivity index (χ3v) is 4.72. The minimum absolute atomic E-state index is 0.472. The van der Waals surface area contributed by atoms with Gasteiger partial charge in [-0.05, 0) is 35.9 Å². The molecule has 0 bridgehead atoms. The van der Waals surface area contributed by atoms with Crippen LogP contribution in [0.3, 0.4) is 0 Å². The van der Waals surface area contributed by atoms with Crippen LogP contribution < -0.4 is 10.1 Å². The summed E-state index contributed by atoms with van der Waals surface area (Å²) in [7, 11) is 0. The predicted molar refractivity (Wildman–Crippen MR) is 106 cm³/mol. The zero-order chi connectivity index (χ0) is 17.5. The smallest absolute Gasteiger partial charge is 0.124 e. The Morgan fingerprint density at radius 2 is 1.76 bits per heavy atom. The lowest BCUT2D eigenvalue weighted by Gasteiger charge is -2.15. The first kappa shape index (κ1) is 17.8. The molecule has 0 aliphatic rings. The van der Waals surface area contributed by atoms with E-state index in [0.717, 1.165) is 29.4 Å². The Kier molecular flexibility index (Phi) is 6.32. The van der Waals surface area contributed by atoms with E-state index in [0.29, 0.717) is 6.61 Å². The number of nitrogens with one attached hydrogen (secondary N) is 1. The van der Waals surface area contributed by atoms with E-state index in [-0.39, 0.29) is 0 Å². The van der Waals surface area contributed by atoms with Gasteiger partial charge in [-0.25, -0.2) is 0 Å². The summed E-state index contributed by atoms with van der Waals surface area (Å²) in [5.74, 6) is 0.919. The maximum atomic E-state index is 6.25. The van der Waals surface area contributed by atoms with Gasteiger partial charge in [0.2, 0.25) is 0 Å². The highest BCUT2D eigenvalue weighted by molar-refractivity contribution is 6.31. The van der Waals surface area contributed by atoms with E-state index in [1.54, 1.807) is 0 Å². The quantitative estimate of drug-likeness (QED) is 0.504. The van der Waals surface area contributed by atoms with Crippen LogP contribution >= 0.6 is 11.6 Å². The highest BCUT2D eigenvalue weighted by Crippen LogP contribution is 2.29. The summed E-state index contributed by atoms with van der Waals surface area (Å²) in [6.07, 6.45) is 2.37. The van der Waals surface area contributed by atoms with Crippen LogP contribution in [-0.2, 0) is 13.2 Å². The molecule has 3 aromatic rings. The minimum atomic E-state index is 0.472. The Morgan fingerprint density at radius 3 is 2.60 bits per heavy atom. The van der Waals surface area contributed by atoms with Crippen LogP contribution in [0.25, 0.3) is 10.8 Å². The van der Waals surface area contributed by atoms with Gasteiger partial charge in [-0.1, -0.05) is 73.5 Å². The first-order chi connectivity index (χ1) is 12.3. The van der Waals surface area contributed by atoms with Crippen LogP contribution in [0.2, 0.25) is 5.02 Å². The molecule has 0 saturated carbocycles. The van der Waals surface area contributed by atoms with Gasteiger partial charge in [0.25, 0.3) is 0 Å². The molecule has 3 aromatic carbocycles. The monoisotopic (exact) mass is 353 g/mol. The van der Waals surface area contributed by atoms with E-state index < -0.39 is 0 Å². The third kappa shape index (κ3) is 4.53. The molecule has 0 aliphatic carbocycles. The molecule has 25 heavy (non-hydrogen) atoms. The number of benzene rings is 3. The fourth-order valence-corrected chi connectivity index (χ4v) is 3.11. The molecule has 0 heterocycles. The molecule has 1 N–H and O–H groups in total. The van der Waals surface area contributed by atoms with Gasteiger partial charge in [0.15, 0.2) is 0 Å². The maximum absolute atomic E-state index is 6.25. The van der Waals surface area contributed by atoms with Crippen molar-refractivity contribution in [3.8, 4) is 5.75 Å². The average molecular weight is 354 g/mol. The van der Waals surface area contributed by atoms with Crippen molar-refractivity contribution in [1.82, 2.24) is 5.32 Å². The lowest BCUT2D eigenvalue weighted by atomic mass is 10.0. The molecule has 0 saturated heterocycles. The summed E-state index contributed by atoms with van der Waals surface area (Å²) in [5, 5.41) is 6.76. The Balaban J connectivity index is 1.84. The Bertz CT molecular complexity index is 831. The summed E-state index contributed by atoms with van der Waals surface area (Å²) in [6.45, 7) is 4.50. The second kappa shape index (κ2) is 8.89. The molecule has 0 fully saturated rings. The maximum Gasteiger partial charge on any atom is 0.124 e. The molecular weight excluding hydrogens is 330 g/mol. The number of fused-ring (bicyclic) bond motifs is 1. The van der Waals surface area contributed by atoms with E-state index in [1.165, 1.54) is 29.2 Å². The Hall–Kier alpha value is -2.03. The fourth-order valence-electron chi connectivity index (χ4n) is 2.92. The molecule has 0 spiro atoms. The average Bonchev–Trinajstić information content (AvgIpc) is 2.65. The van der Waals surface area contributed by atoms with Crippen molar-refractivity contribution in [3.05, 3.63) is 76.8 Å². The van der Waals surface area contributed by atoms with Crippen molar-refractivity contribution in [3.63, 3.8) is 0 Å². The molecule has 0 aliphatic heterocycles. The lowest BCUT2D eigenvalue weighted by Crippen LogP contribution is -2.15. The summed E-state index contributed by atoms with van der Waals surface area (Å²) in [4.78, 5) is 0. The number of hydrogen-bond acceptors (Lipinski definition) is 2. The van der Waals surface area contributed by atoms with Gasteiger partial charge in [0.1, 0.15) is 12.4 Å². The van der Waals surface area contributed by atoms with Gasteiger partial charge < -0.3 is 10.1 Å². The van der Waals surface area contributed by atoms with Gasteiger partial charge in [0.05, 0.1) is 0 Å². The zero-order valence-electron chi connectivity index (χ0n) is 14.6. The van der Waals surface area contributed by atoms with Crippen molar-refractivity contribution >= 4 is 22.4 Å². The number of hydrogen-bond donors (Lipinski definition) is 1. The van der Waals surface area contributed by atoms with Gasteiger partial charge in [-0.2, -0.15) is 0 Å². The van der Waals surface area contributed by atoms with Crippen molar-refractivity contribution in [1.29, 1.82) is 0 Å². The van der Waals surface area contributed by atoms with Gasteiger partial charge in [-0.3, -0.25) is 0 Å². The highest BCUT2D eigenvalue weighted by atomic mass is 35.5. The van der Waals surface area contributed by atoms with E-state index in [4.69, 9.17) is 16.3 Å². The minimum Gasteiger partial charge on any atom is -0.488 e. The van der Waals surface area contributed by atoms with Crippen LogP contribution in [0.5, 0.6) is 5.75 Å². The number of halogens is 1. The van der Waals surface area contributed by atoms with Gasteiger partial charge >= 0.3 is 0 Å². The van der Waals surface area contributed by atoms with Crippen LogP contribution in [0.1, 0.15) is 30.9 Å². The second-order valence-corrected chi connectivity index (χ2v) is 6.58. The first-order valence-electron chi connectivity index (χ1n) is 8.87. The molecule has 2 nitrogen and oxygen atoms in total. The molecule has 0 aromatic heterocycles. The summed E-state index contributed by atoms with van der Waals surface area (Å²) < 4.78 is 6.14. The van der Waals surface area contributed by atoms with Crippen molar-refractivity contribution < 1.29 is 4.74 Å². The van der Waals surface area contributed by atoms with Gasteiger partial charge in [-0.15, -0.1) is 0 Å². The zero-order valence-corrected chi connectivity index (χ0v) is 15.4. The topological polar surface area (TPSA) is 21.3 Å². The van der Waals surface area contributed by atoms with Crippen LogP contribution in [-0.4, -0.2) is 6.54 Å². The number of ether oxygens (including phenoxy) is 1. The Labute approximate surface area is 154 Å². The normalized spacial score (nSPS) is 11.0. The molecule has 0 radical (unpaired) electrons. The molecule has 3 heteroatoms. The third-order valence-electron chi connectivity index (χ3n) is 4.35. The Morgan fingerprint density at radius 1 is 0.960 bits per heavy atom. The highest BCUT2D eigenvalue weighted by Gasteiger charge is 2.10. The van der Waals surface area contributed by atoms with E-state index in [9.17, 15) is 0 Å². The largest absolute Gasteiger partial charge is 0.488 e. The molecule has 3 rings (SSSR count). The van der Waals surface area contributed by atoms with Crippen LogP contribution in [0.4, 0.5) is 0 Å². The molecule has 0 atom stereocenters. The standard InChI is InChI=1S/C22H24ClNO/c1-2-3-14-24-15-20-19-10-6-4-8-17(19)12-13-22(20)25-16-18-9-5-7-11-21(18)23/h4-13,24H,2-3,14-16H2,1H3. The predicted octanol–water partition coefficient (Wildman–Crippen LogP) is 5.96. The summed E-state index contributed by atoms with van der Waals surface area (Å²) in [5.41, 5.74) is 2.21. The number of unbranched alkanes of at least 4 members (excludes halogenated alkanes) is 1. The molecular formula is C22H24ClNO. The van der Waals surface area contributed by atoms with Crippen molar-refractivity contribution in [2.45, 2.75) is 32.9 Å². The molecule has 130 valence electrons. The van der Waals surface area contributed by atoms with E-state index in [1.807, 2.05) is 24.3 Å². The van der Waals surface area contributed by atoms with Crippen molar-refractivity contribution in [2.75, 3.05) is 6.54 Å². The van der Waals surface area contributed by atoms with Crippen LogP contribution in [0, 0.1) is 0 Å². The molecule has 0 unspecified atom stereocenters. The van der Waals surface area contributed by atoms with Gasteiger partial charge in [0, 0.05) is 22.7 Å². The summed E-state index contributed by atoms with van der Waals surface area (Å²) >= 11 is 6.25. The van der Waals surface area contributed by atoms with Crippen LogP contribution in [0.15, 0.2) is 60.7 Å². The fraction of sp³-hybridized carbons (Fsp3) is 0.273.